The van der Waals surface area contributed by atoms with Crippen molar-refractivity contribution in [2.75, 3.05) is 0 Å². The molecule has 0 saturated heterocycles. The number of hydrogen-bond donors (Lipinski definition) is 2. The summed E-state index contributed by atoms with van der Waals surface area (Å²) in [5.41, 5.74) is 1.57. The largest absolute Gasteiger partial charge is 0.507 e. The summed E-state index contributed by atoms with van der Waals surface area (Å²) in [6, 6.07) is 8.52. The van der Waals surface area contributed by atoms with Gasteiger partial charge in [0.05, 0.1) is 0 Å². The Balaban J connectivity index is 2.57. The van der Waals surface area contributed by atoms with Crippen molar-refractivity contribution in [2.45, 2.75) is 19.9 Å². The maximum absolute atomic E-state index is 11.2. The number of aromatic hydroxyl groups is 1. The van der Waals surface area contributed by atoms with E-state index in [1.54, 1.807) is 35.0 Å². The number of carboxylic acids is 1. The van der Waals surface area contributed by atoms with Gasteiger partial charge in [0.15, 0.2) is 0 Å². The van der Waals surface area contributed by atoms with Crippen molar-refractivity contribution in [3.63, 3.8) is 0 Å². The van der Waals surface area contributed by atoms with Crippen LogP contribution in [0.1, 0.15) is 30.4 Å². The summed E-state index contributed by atoms with van der Waals surface area (Å²) in [7, 11) is 0. The third-order valence-electron chi connectivity index (χ3n) is 2.84. The number of aromatic nitrogens is 1. The predicted octanol–water partition coefficient (Wildman–Crippen LogP) is 3.14. The highest BCUT2D eigenvalue weighted by molar-refractivity contribution is 5.88. The zero-order valence-corrected chi connectivity index (χ0v) is 10.3. The van der Waals surface area contributed by atoms with E-state index in [2.05, 4.69) is 0 Å². The van der Waals surface area contributed by atoms with Crippen LogP contribution in [0, 0.1) is 0 Å². The standard InChI is InChI=1S/C14H15NO3/c1-9(2)15-8-10(7-12(15)14(17)18)11-5-3-4-6-13(11)16/h3-9,16H,1-2H3,(H,17,18). The van der Waals surface area contributed by atoms with Gasteiger partial charge in [-0.1, -0.05) is 18.2 Å². The molecule has 0 aliphatic rings. The van der Waals surface area contributed by atoms with Gasteiger partial charge in [-0.15, -0.1) is 0 Å². The fourth-order valence-corrected chi connectivity index (χ4v) is 1.94. The van der Waals surface area contributed by atoms with Gasteiger partial charge in [-0.05, 0) is 26.0 Å². The van der Waals surface area contributed by atoms with Crippen LogP contribution < -0.4 is 0 Å². The molecule has 0 radical (unpaired) electrons. The van der Waals surface area contributed by atoms with Crippen molar-refractivity contribution >= 4 is 5.97 Å². The molecule has 4 heteroatoms. The number of carbonyl (C=O) groups is 1. The molecule has 0 fully saturated rings. The second kappa shape index (κ2) is 4.56. The molecule has 2 rings (SSSR count). The lowest BCUT2D eigenvalue weighted by atomic mass is 10.1. The highest BCUT2D eigenvalue weighted by atomic mass is 16.4. The number of phenols is 1. The molecule has 18 heavy (non-hydrogen) atoms. The topological polar surface area (TPSA) is 62.5 Å². The van der Waals surface area contributed by atoms with E-state index in [4.69, 9.17) is 5.11 Å². The van der Waals surface area contributed by atoms with Crippen molar-refractivity contribution in [3.05, 3.63) is 42.2 Å². The average Bonchev–Trinajstić information content (AvgIpc) is 2.74. The molecule has 0 aliphatic heterocycles. The predicted molar refractivity (Wildman–Crippen MR) is 68.9 cm³/mol. The Bertz CT molecular complexity index is 584. The van der Waals surface area contributed by atoms with Crippen LogP contribution in [-0.2, 0) is 0 Å². The Morgan fingerprint density at radius 2 is 1.94 bits per heavy atom. The second-order valence-electron chi connectivity index (χ2n) is 4.44. The van der Waals surface area contributed by atoms with Gasteiger partial charge in [-0.25, -0.2) is 4.79 Å². The molecule has 1 aromatic carbocycles. The molecule has 94 valence electrons. The molecule has 4 nitrogen and oxygen atoms in total. The third kappa shape index (κ3) is 2.09. The number of phenolic OH excluding ortho intramolecular Hbond substituents is 1. The second-order valence-corrected chi connectivity index (χ2v) is 4.44. The van der Waals surface area contributed by atoms with E-state index in [9.17, 15) is 9.90 Å². The van der Waals surface area contributed by atoms with Gasteiger partial charge in [0, 0.05) is 23.4 Å². The molecule has 0 amide bonds. The fraction of sp³-hybridized carbons (Fsp3) is 0.214. The molecular weight excluding hydrogens is 230 g/mol. The molecule has 0 saturated carbocycles. The van der Waals surface area contributed by atoms with Crippen molar-refractivity contribution in [1.29, 1.82) is 0 Å². The Morgan fingerprint density at radius 3 is 2.44 bits per heavy atom. The van der Waals surface area contributed by atoms with E-state index in [1.807, 2.05) is 19.9 Å². The summed E-state index contributed by atoms with van der Waals surface area (Å²) in [5, 5.41) is 18.9. The molecule has 2 N–H and O–H groups in total. The third-order valence-corrected chi connectivity index (χ3v) is 2.84. The maximum Gasteiger partial charge on any atom is 0.352 e. The zero-order valence-electron chi connectivity index (χ0n) is 10.3. The van der Waals surface area contributed by atoms with Crippen molar-refractivity contribution in [1.82, 2.24) is 4.57 Å². The molecule has 1 heterocycles. The molecule has 0 unspecified atom stereocenters. The lowest BCUT2D eigenvalue weighted by Crippen LogP contribution is -2.09. The van der Waals surface area contributed by atoms with E-state index in [0.29, 0.717) is 11.1 Å². The van der Waals surface area contributed by atoms with Gasteiger partial charge in [0.25, 0.3) is 0 Å². The number of nitrogens with zero attached hydrogens (tertiary/aromatic N) is 1. The van der Waals surface area contributed by atoms with Gasteiger partial charge in [-0.2, -0.15) is 0 Å². The summed E-state index contributed by atoms with van der Waals surface area (Å²) in [6.07, 6.45) is 1.75. The van der Waals surface area contributed by atoms with Crippen LogP contribution in [-0.4, -0.2) is 20.7 Å². The Labute approximate surface area is 105 Å². The van der Waals surface area contributed by atoms with Gasteiger partial charge in [-0.3, -0.25) is 0 Å². The molecule has 0 spiro atoms. The minimum Gasteiger partial charge on any atom is -0.507 e. The summed E-state index contributed by atoms with van der Waals surface area (Å²) in [5.74, 6) is -0.819. The van der Waals surface area contributed by atoms with Crippen LogP contribution in [0.15, 0.2) is 36.5 Å². The lowest BCUT2D eigenvalue weighted by Gasteiger charge is -2.09. The molecular formula is C14H15NO3. The number of hydrogen-bond acceptors (Lipinski definition) is 2. The van der Waals surface area contributed by atoms with Gasteiger partial charge in [0.1, 0.15) is 11.4 Å². The minimum absolute atomic E-state index is 0.0516. The highest BCUT2D eigenvalue weighted by Crippen LogP contribution is 2.31. The van der Waals surface area contributed by atoms with Crippen molar-refractivity contribution in [3.8, 4) is 16.9 Å². The van der Waals surface area contributed by atoms with Crippen LogP contribution in [0.25, 0.3) is 11.1 Å². The SMILES string of the molecule is CC(C)n1cc(-c2ccccc2O)cc1C(=O)O. The molecule has 0 bridgehead atoms. The van der Waals surface area contributed by atoms with Crippen molar-refractivity contribution in [2.24, 2.45) is 0 Å². The fourth-order valence-electron chi connectivity index (χ4n) is 1.94. The van der Waals surface area contributed by atoms with E-state index in [1.165, 1.54) is 0 Å². The normalized spacial score (nSPS) is 10.8. The summed E-state index contributed by atoms with van der Waals surface area (Å²) >= 11 is 0. The highest BCUT2D eigenvalue weighted by Gasteiger charge is 2.16. The van der Waals surface area contributed by atoms with Gasteiger partial charge in [0.2, 0.25) is 0 Å². The minimum atomic E-state index is -0.967. The maximum atomic E-state index is 11.2. The Morgan fingerprint density at radius 1 is 1.28 bits per heavy atom. The lowest BCUT2D eigenvalue weighted by molar-refractivity contribution is 0.0683. The average molecular weight is 245 g/mol. The smallest absolute Gasteiger partial charge is 0.352 e. The van der Waals surface area contributed by atoms with Crippen LogP contribution >= 0.6 is 0 Å². The Hall–Kier alpha value is -2.23. The monoisotopic (exact) mass is 245 g/mol. The van der Waals surface area contributed by atoms with Crippen LogP contribution in [0.4, 0.5) is 0 Å². The van der Waals surface area contributed by atoms with Crippen LogP contribution in [0.5, 0.6) is 5.75 Å². The number of para-hydroxylation sites is 1. The number of carboxylic acid groups (broad SMARTS) is 1. The first-order valence-electron chi connectivity index (χ1n) is 5.74. The quantitative estimate of drug-likeness (QED) is 0.873. The molecule has 2 aromatic rings. The van der Waals surface area contributed by atoms with E-state index in [0.717, 1.165) is 0 Å². The summed E-state index contributed by atoms with van der Waals surface area (Å²) in [6.45, 7) is 3.84. The first kappa shape index (κ1) is 12.2. The number of rotatable bonds is 3. The number of aromatic carboxylic acids is 1. The van der Waals surface area contributed by atoms with E-state index >= 15 is 0 Å². The molecule has 0 atom stereocenters. The summed E-state index contributed by atoms with van der Waals surface area (Å²) in [4.78, 5) is 11.2. The summed E-state index contributed by atoms with van der Waals surface area (Å²) < 4.78 is 1.68. The van der Waals surface area contributed by atoms with E-state index < -0.39 is 5.97 Å². The first-order valence-corrected chi connectivity index (χ1v) is 5.74. The van der Waals surface area contributed by atoms with Gasteiger partial charge >= 0.3 is 5.97 Å². The van der Waals surface area contributed by atoms with E-state index in [-0.39, 0.29) is 17.5 Å². The molecule has 1 aromatic heterocycles. The van der Waals surface area contributed by atoms with Crippen LogP contribution in [0.2, 0.25) is 0 Å². The molecule has 0 aliphatic carbocycles. The van der Waals surface area contributed by atoms with Crippen LogP contribution in [0.3, 0.4) is 0 Å². The first-order chi connectivity index (χ1) is 8.50. The van der Waals surface area contributed by atoms with Gasteiger partial charge < -0.3 is 14.8 Å². The van der Waals surface area contributed by atoms with Crippen molar-refractivity contribution < 1.29 is 15.0 Å². The zero-order chi connectivity index (χ0) is 13.3. The number of benzene rings is 1. The Kier molecular flexibility index (Phi) is 3.10.